The van der Waals surface area contributed by atoms with E-state index in [0.29, 0.717) is 18.8 Å². The minimum atomic E-state index is -0.248. The molecule has 1 aliphatic heterocycles. The second-order valence-electron chi connectivity index (χ2n) is 7.43. The summed E-state index contributed by atoms with van der Waals surface area (Å²) in [6, 6.07) is 8.44. The molecule has 2 unspecified atom stereocenters. The van der Waals surface area contributed by atoms with Gasteiger partial charge in [-0.15, -0.1) is 0 Å². The van der Waals surface area contributed by atoms with Crippen molar-refractivity contribution in [2.75, 3.05) is 20.1 Å². The fraction of sp³-hybridized carbons (Fsp3) is 0.500. The van der Waals surface area contributed by atoms with Crippen LogP contribution in [-0.4, -0.2) is 40.7 Å². The van der Waals surface area contributed by atoms with Gasteiger partial charge in [0, 0.05) is 32.6 Å². The molecule has 1 aromatic carbocycles. The Morgan fingerprint density at radius 1 is 1.37 bits per heavy atom. The number of hydrogen-bond acceptors (Lipinski definition) is 4. The molecule has 2 aromatic rings. The van der Waals surface area contributed by atoms with Gasteiger partial charge in [0.2, 0.25) is 0 Å². The first-order valence-electron chi connectivity index (χ1n) is 9.47. The molecule has 1 aromatic heterocycles. The van der Waals surface area contributed by atoms with Crippen LogP contribution in [-0.2, 0) is 6.54 Å². The van der Waals surface area contributed by atoms with Gasteiger partial charge in [-0.05, 0) is 36.6 Å². The van der Waals surface area contributed by atoms with E-state index in [4.69, 9.17) is 0 Å². The van der Waals surface area contributed by atoms with Crippen LogP contribution in [0.3, 0.4) is 0 Å². The van der Waals surface area contributed by atoms with Crippen LogP contribution in [0.4, 0.5) is 4.39 Å². The third-order valence-electron chi connectivity index (χ3n) is 5.09. The van der Waals surface area contributed by atoms with Crippen molar-refractivity contribution in [2.24, 2.45) is 5.92 Å². The lowest BCUT2D eigenvalue weighted by molar-refractivity contribution is 0.0759. The number of benzene rings is 1. The molecule has 1 fully saturated rings. The first-order valence-corrected chi connectivity index (χ1v) is 9.47. The molecule has 146 valence electrons. The monoisotopic (exact) mass is 373 g/mol. The minimum Gasteiger partial charge on any atom is -0.340 e. The van der Waals surface area contributed by atoms with Gasteiger partial charge in [0.1, 0.15) is 11.5 Å². The second-order valence-corrected chi connectivity index (χ2v) is 7.43. The van der Waals surface area contributed by atoms with Crippen molar-refractivity contribution in [3.05, 3.63) is 53.1 Å². The average Bonchev–Trinajstić information content (AvgIpc) is 3.28. The van der Waals surface area contributed by atoms with Crippen molar-refractivity contribution in [2.45, 2.75) is 39.3 Å². The Balaban J connectivity index is 1.73. The van der Waals surface area contributed by atoms with Gasteiger partial charge in [-0.2, -0.15) is 5.10 Å². The van der Waals surface area contributed by atoms with Crippen molar-refractivity contribution in [1.82, 2.24) is 25.5 Å². The molecular weight excluding hydrogens is 345 g/mol. The minimum absolute atomic E-state index is 0.0268. The summed E-state index contributed by atoms with van der Waals surface area (Å²) in [6.45, 7) is 8.12. The molecule has 2 heterocycles. The van der Waals surface area contributed by atoms with Crippen molar-refractivity contribution in [1.29, 1.82) is 0 Å². The Morgan fingerprint density at radius 3 is 2.70 bits per heavy atom. The van der Waals surface area contributed by atoms with Crippen molar-refractivity contribution in [3.63, 3.8) is 0 Å². The molecule has 7 heteroatoms. The fourth-order valence-electron chi connectivity index (χ4n) is 3.49. The highest BCUT2D eigenvalue weighted by atomic mass is 19.1. The van der Waals surface area contributed by atoms with Crippen molar-refractivity contribution < 1.29 is 9.18 Å². The van der Waals surface area contributed by atoms with Gasteiger partial charge in [-0.25, -0.2) is 9.82 Å². The molecule has 2 atom stereocenters. The normalized spacial score (nSPS) is 19.6. The predicted octanol–water partition coefficient (Wildman–Crippen LogP) is 2.70. The summed E-state index contributed by atoms with van der Waals surface area (Å²) in [6.07, 6.45) is 0. The summed E-state index contributed by atoms with van der Waals surface area (Å²) in [5.74, 6) is 0.191. The number of aromatic nitrogens is 2. The Hall–Kier alpha value is -2.25. The maximum Gasteiger partial charge on any atom is 0.271 e. The zero-order valence-corrected chi connectivity index (χ0v) is 16.4. The third-order valence-corrected chi connectivity index (χ3v) is 5.09. The number of carbonyl (C=O) groups is 1. The molecule has 0 aliphatic carbocycles. The predicted molar refractivity (Wildman–Crippen MR) is 103 cm³/mol. The van der Waals surface area contributed by atoms with Crippen molar-refractivity contribution in [3.8, 4) is 0 Å². The quantitative estimate of drug-likeness (QED) is 0.817. The van der Waals surface area contributed by atoms with E-state index in [0.717, 1.165) is 17.8 Å². The maximum atomic E-state index is 13.2. The van der Waals surface area contributed by atoms with E-state index in [2.05, 4.69) is 29.8 Å². The summed E-state index contributed by atoms with van der Waals surface area (Å²) in [5, 5.41) is 4.54. The number of halogens is 1. The smallest absolute Gasteiger partial charge is 0.271 e. The van der Waals surface area contributed by atoms with Gasteiger partial charge in [0.25, 0.3) is 5.91 Å². The number of rotatable bonds is 6. The number of hydrogen-bond donors (Lipinski definition) is 2. The number of hydrazine groups is 1. The van der Waals surface area contributed by atoms with Crippen LogP contribution in [0.5, 0.6) is 0 Å². The highest BCUT2D eigenvalue weighted by Gasteiger charge is 2.31. The highest BCUT2D eigenvalue weighted by molar-refractivity contribution is 5.92. The number of amides is 1. The number of nitrogens with one attached hydrogen (secondary N) is 2. The van der Waals surface area contributed by atoms with Crippen LogP contribution in [0.25, 0.3) is 0 Å². The lowest BCUT2D eigenvalue weighted by Crippen LogP contribution is -2.35. The molecule has 2 N–H and O–H groups in total. The van der Waals surface area contributed by atoms with Crippen LogP contribution >= 0.6 is 0 Å². The van der Waals surface area contributed by atoms with Gasteiger partial charge in [0.15, 0.2) is 0 Å². The van der Waals surface area contributed by atoms with Crippen molar-refractivity contribution >= 4 is 5.91 Å². The van der Waals surface area contributed by atoms with Crippen LogP contribution in [0, 0.1) is 11.7 Å². The Bertz CT molecular complexity index is 786. The number of nitrogens with zero attached hydrogens (tertiary/aromatic N) is 3. The third kappa shape index (κ3) is 4.20. The lowest BCUT2D eigenvalue weighted by atomic mass is 9.94. The zero-order valence-electron chi connectivity index (χ0n) is 16.4. The molecule has 0 bridgehead atoms. The van der Waals surface area contributed by atoms with Crippen LogP contribution < -0.4 is 10.9 Å². The Morgan fingerprint density at radius 2 is 2.07 bits per heavy atom. The summed E-state index contributed by atoms with van der Waals surface area (Å²) in [4.78, 5) is 14.8. The lowest BCUT2D eigenvalue weighted by Gasteiger charge is -2.25. The first kappa shape index (κ1) is 19.5. The van der Waals surface area contributed by atoms with Crippen LogP contribution in [0.1, 0.15) is 54.5 Å². The molecule has 3 rings (SSSR count). The molecule has 0 saturated carbocycles. The Labute approximate surface area is 159 Å². The summed E-state index contributed by atoms with van der Waals surface area (Å²) >= 11 is 0. The molecule has 0 radical (unpaired) electrons. The average molecular weight is 373 g/mol. The van der Waals surface area contributed by atoms with E-state index in [1.807, 2.05) is 20.0 Å². The molecule has 1 saturated heterocycles. The molecular formula is C20H28FN5O. The summed E-state index contributed by atoms with van der Waals surface area (Å²) in [7, 11) is 1.82. The van der Waals surface area contributed by atoms with E-state index < -0.39 is 0 Å². The molecule has 1 amide bonds. The highest BCUT2D eigenvalue weighted by Crippen LogP contribution is 2.26. The molecule has 6 nitrogen and oxygen atoms in total. The van der Waals surface area contributed by atoms with E-state index in [1.165, 1.54) is 12.1 Å². The van der Waals surface area contributed by atoms with Gasteiger partial charge < -0.3 is 4.90 Å². The fourth-order valence-corrected chi connectivity index (χ4v) is 3.49. The summed E-state index contributed by atoms with van der Waals surface area (Å²) < 4.78 is 15.0. The molecule has 0 spiro atoms. The SMILES string of the molecule is CCn1nc(C(C)C)cc1C(=O)N(C)CC1CNNC1c1ccc(F)cc1. The first-order chi connectivity index (χ1) is 12.9. The van der Waals surface area contributed by atoms with Gasteiger partial charge >= 0.3 is 0 Å². The largest absolute Gasteiger partial charge is 0.340 e. The van der Waals surface area contributed by atoms with Gasteiger partial charge in [-0.1, -0.05) is 26.0 Å². The van der Waals surface area contributed by atoms with Crippen LogP contribution in [0.2, 0.25) is 0 Å². The standard InChI is InChI=1S/C20H28FN5O/c1-5-26-18(10-17(24-26)13(2)3)20(27)25(4)12-15-11-22-23-19(15)14-6-8-16(21)9-7-14/h6-10,13,15,19,22-23H,5,11-12H2,1-4H3. The topological polar surface area (TPSA) is 62.2 Å². The number of carbonyl (C=O) groups excluding carboxylic acids is 1. The van der Waals surface area contributed by atoms with Crippen LogP contribution in [0.15, 0.2) is 30.3 Å². The summed E-state index contributed by atoms with van der Waals surface area (Å²) in [5.41, 5.74) is 8.97. The van der Waals surface area contributed by atoms with Gasteiger partial charge in [0.05, 0.1) is 11.7 Å². The Kier molecular flexibility index (Phi) is 5.92. The van der Waals surface area contributed by atoms with Gasteiger partial charge in [-0.3, -0.25) is 14.9 Å². The maximum absolute atomic E-state index is 13.2. The number of aryl methyl sites for hydroxylation is 1. The molecule has 1 aliphatic rings. The van der Waals surface area contributed by atoms with E-state index in [-0.39, 0.29) is 29.6 Å². The van der Waals surface area contributed by atoms with E-state index in [1.54, 1.807) is 21.7 Å². The zero-order chi connectivity index (χ0) is 19.6. The van der Waals surface area contributed by atoms with E-state index >= 15 is 0 Å². The second kappa shape index (κ2) is 8.19. The van der Waals surface area contributed by atoms with E-state index in [9.17, 15) is 9.18 Å². The molecule has 27 heavy (non-hydrogen) atoms.